The zero-order chi connectivity index (χ0) is 39.5. The maximum absolute atomic E-state index is 13.3. The standard InChI is InChI=1S/C46H78Br4O4/c1-3-5-7-9-11-13-15-17-19-21-23-25-27-29-31-33-35-37-53-45(51)39-40(42(48)44(50)43(49)41(39)47)46(52)54-38-36-34-32-30-28-26-24-22-20-18-16-14-12-10-8-6-4-2/h3-38H2,1-2H3. The fourth-order valence-electron chi connectivity index (χ4n) is 7.14. The minimum Gasteiger partial charge on any atom is -0.462 e. The third kappa shape index (κ3) is 26.2. The first-order chi connectivity index (χ1) is 26.4. The van der Waals surface area contributed by atoms with E-state index in [1.807, 2.05) is 0 Å². The number of carbonyl (C=O) groups is 2. The molecule has 0 spiro atoms. The Kier molecular flexibility index (Phi) is 36.0. The summed E-state index contributed by atoms with van der Waals surface area (Å²) in [4.78, 5) is 26.6. The van der Waals surface area contributed by atoms with Crippen molar-refractivity contribution in [3.8, 4) is 0 Å². The van der Waals surface area contributed by atoms with Gasteiger partial charge in [0, 0.05) is 17.9 Å². The fourth-order valence-corrected chi connectivity index (χ4v) is 9.58. The van der Waals surface area contributed by atoms with Crippen LogP contribution < -0.4 is 0 Å². The van der Waals surface area contributed by atoms with E-state index in [0.29, 0.717) is 31.1 Å². The van der Waals surface area contributed by atoms with Crippen LogP contribution in [0.3, 0.4) is 0 Å². The molecule has 8 heteroatoms. The Hall–Kier alpha value is 0.0800. The molecule has 1 rings (SSSR count). The molecule has 0 unspecified atom stereocenters. The lowest BCUT2D eigenvalue weighted by Gasteiger charge is -2.16. The Morgan fingerprint density at radius 3 is 0.704 bits per heavy atom. The molecule has 0 radical (unpaired) electrons. The Morgan fingerprint density at radius 1 is 0.315 bits per heavy atom. The van der Waals surface area contributed by atoms with Gasteiger partial charge in [-0.2, -0.15) is 0 Å². The first-order valence-electron chi connectivity index (χ1n) is 22.6. The summed E-state index contributed by atoms with van der Waals surface area (Å²) in [5.74, 6) is -1.03. The number of rotatable bonds is 38. The molecule has 0 aliphatic heterocycles. The summed E-state index contributed by atoms with van der Waals surface area (Å²) in [6.07, 6.45) is 44.4. The molecule has 1 aromatic rings. The number of hydrogen-bond donors (Lipinski definition) is 0. The van der Waals surface area contributed by atoms with Crippen LogP contribution in [0, 0.1) is 0 Å². The SMILES string of the molecule is CCCCCCCCCCCCCCCCCCCOC(=O)c1c(Br)c(Br)c(Br)c(Br)c1C(=O)OCCCCCCCCCCCCCCCCCCC. The van der Waals surface area contributed by atoms with Crippen molar-refractivity contribution in [1.29, 1.82) is 0 Å². The molecule has 0 atom stereocenters. The van der Waals surface area contributed by atoms with Crippen LogP contribution in [-0.2, 0) is 9.47 Å². The highest BCUT2D eigenvalue weighted by molar-refractivity contribution is 9.15. The second-order valence-corrected chi connectivity index (χ2v) is 18.8. The van der Waals surface area contributed by atoms with Crippen molar-refractivity contribution in [3.05, 3.63) is 29.0 Å². The van der Waals surface area contributed by atoms with Gasteiger partial charge in [-0.05, 0) is 76.6 Å². The van der Waals surface area contributed by atoms with E-state index in [2.05, 4.69) is 77.6 Å². The molecule has 0 aliphatic rings. The number of unbranched alkanes of at least 4 members (excludes halogenated alkanes) is 32. The lowest BCUT2D eigenvalue weighted by molar-refractivity contribution is 0.0448. The van der Waals surface area contributed by atoms with E-state index in [-0.39, 0.29) is 11.1 Å². The molecule has 0 saturated heterocycles. The monoisotopic (exact) mass is 1010 g/mol. The van der Waals surface area contributed by atoms with Crippen LogP contribution in [0.1, 0.15) is 253 Å². The van der Waals surface area contributed by atoms with Crippen molar-refractivity contribution in [2.24, 2.45) is 0 Å². The van der Waals surface area contributed by atoms with E-state index in [1.54, 1.807) is 0 Å². The summed E-state index contributed by atoms with van der Waals surface area (Å²) < 4.78 is 13.6. The van der Waals surface area contributed by atoms with Gasteiger partial charge in [-0.25, -0.2) is 9.59 Å². The molecule has 0 heterocycles. The zero-order valence-electron chi connectivity index (χ0n) is 34.6. The number of esters is 2. The van der Waals surface area contributed by atoms with Crippen LogP contribution >= 0.6 is 63.7 Å². The molecule has 0 saturated carbocycles. The summed E-state index contributed by atoms with van der Waals surface area (Å²) in [6.45, 7) is 5.23. The van der Waals surface area contributed by atoms with Gasteiger partial charge in [0.1, 0.15) is 0 Å². The van der Waals surface area contributed by atoms with Gasteiger partial charge in [0.15, 0.2) is 0 Å². The minimum atomic E-state index is -0.517. The molecule has 0 bridgehead atoms. The van der Waals surface area contributed by atoms with Gasteiger partial charge in [0.2, 0.25) is 0 Å². The second kappa shape index (κ2) is 37.4. The largest absolute Gasteiger partial charge is 0.462 e. The predicted octanol–water partition coefficient (Wildman–Crippen LogP) is 18.4. The number of ether oxygens (including phenoxy) is 2. The van der Waals surface area contributed by atoms with E-state index in [4.69, 9.17) is 9.47 Å². The lowest BCUT2D eigenvalue weighted by Crippen LogP contribution is -2.17. The molecule has 0 fully saturated rings. The smallest absolute Gasteiger partial charge is 0.340 e. The zero-order valence-corrected chi connectivity index (χ0v) is 40.9. The maximum atomic E-state index is 13.3. The van der Waals surface area contributed by atoms with Crippen molar-refractivity contribution in [2.75, 3.05) is 13.2 Å². The van der Waals surface area contributed by atoms with Crippen LogP contribution in [0.15, 0.2) is 17.9 Å². The van der Waals surface area contributed by atoms with E-state index in [9.17, 15) is 9.59 Å². The Balaban J connectivity index is 2.21. The third-order valence-electron chi connectivity index (χ3n) is 10.6. The van der Waals surface area contributed by atoms with Crippen LogP contribution in [0.2, 0.25) is 0 Å². The van der Waals surface area contributed by atoms with Crippen LogP contribution in [0.5, 0.6) is 0 Å². The topological polar surface area (TPSA) is 52.6 Å². The van der Waals surface area contributed by atoms with Gasteiger partial charge in [-0.1, -0.05) is 219 Å². The lowest BCUT2D eigenvalue weighted by atomic mass is 10.0. The Morgan fingerprint density at radius 2 is 0.500 bits per heavy atom. The quantitative estimate of drug-likeness (QED) is 0.0287. The van der Waals surface area contributed by atoms with E-state index in [0.717, 1.165) is 38.5 Å². The van der Waals surface area contributed by atoms with E-state index < -0.39 is 11.9 Å². The third-order valence-corrected chi connectivity index (χ3v) is 15.4. The first kappa shape index (κ1) is 52.1. The minimum absolute atomic E-state index is 0.191. The normalized spacial score (nSPS) is 11.4. The average molecular weight is 1010 g/mol. The highest BCUT2D eigenvalue weighted by Crippen LogP contribution is 2.43. The van der Waals surface area contributed by atoms with Gasteiger partial charge >= 0.3 is 11.9 Å². The molecular formula is C46H78Br4O4. The van der Waals surface area contributed by atoms with Crippen LogP contribution in [0.25, 0.3) is 0 Å². The van der Waals surface area contributed by atoms with Crippen molar-refractivity contribution in [1.82, 2.24) is 0 Å². The van der Waals surface area contributed by atoms with Gasteiger partial charge in [-0.15, -0.1) is 0 Å². The Bertz CT molecular complexity index is 997. The highest BCUT2D eigenvalue weighted by Gasteiger charge is 2.30. The summed E-state index contributed by atoms with van der Waals surface area (Å²) in [6, 6.07) is 0. The first-order valence-corrected chi connectivity index (χ1v) is 25.7. The molecule has 0 amide bonds. The van der Waals surface area contributed by atoms with Crippen molar-refractivity contribution in [3.63, 3.8) is 0 Å². The highest BCUT2D eigenvalue weighted by atomic mass is 79.9. The van der Waals surface area contributed by atoms with Crippen LogP contribution in [-0.4, -0.2) is 25.2 Å². The maximum Gasteiger partial charge on any atom is 0.340 e. The molecule has 1 aromatic carbocycles. The molecular weight excluding hydrogens is 936 g/mol. The molecule has 4 nitrogen and oxygen atoms in total. The summed E-state index contributed by atoms with van der Waals surface area (Å²) >= 11 is 14.1. The number of hydrogen-bond acceptors (Lipinski definition) is 4. The van der Waals surface area contributed by atoms with E-state index in [1.165, 1.54) is 180 Å². The average Bonchev–Trinajstić information content (AvgIpc) is 3.17. The summed E-state index contributed by atoms with van der Waals surface area (Å²) in [5, 5.41) is 0. The van der Waals surface area contributed by atoms with Crippen LogP contribution in [0.4, 0.5) is 0 Å². The molecule has 314 valence electrons. The second-order valence-electron chi connectivity index (χ2n) is 15.6. The molecule has 0 aliphatic carbocycles. The van der Waals surface area contributed by atoms with Gasteiger partial charge in [-0.3, -0.25) is 0 Å². The van der Waals surface area contributed by atoms with Crippen molar-refractivity contribution in [2.45, 2.75) is 232 Å². The fraction of sp³-hybridized carbons (Fsp3) is 0.826. The van der Waals surface area contributed by atoms with Crippen molar-refractivity contribution < 1.29 is 19.1 Å². The number of carbonyl (C=O) groups excluding carboxylic acids is 2. The summed E-state index contributed by atoms with van der Waals surface area (Å²) in [7, 11) is 0. The number of halogens is 4. The van der Waals surface area contributed by atoms with Gasteiger partial charge < -0.3 is 9.47 Å². The summed E-state index contributed by atoms with van der Waals surface area (Å²) in [5.41, 5.74) is 0.382. The van der Waals surface area contributed by atoms with Gasteiger partial charge in [0.25, 0.3) is 0 Å². The molecule has 0 N–H and O–H groups in total. The van der Waals surface area contributed by atoms with Gasteiger partial charge in [0.05, 0.1) is 24.3 Å². The molecule has 54 heavy (non-hydrogen) atoms. The van der Waals surface area contributed by atoms with E-state index >= 15 is 0 Å². The Labute approximate surface area is 366 Å². The van der Waals surface area contributed by atoms with Crippen molar-refractivity contribution >= 4 is 75.7 Å². The molecule has 0 aromatic heterocycles. The predicted molar refractivity (Wildman–Crippen MR) is 246 cm³/mol. The number of benzene rings is 1.